The average molecular weight is 232 g/mol. The Bertz CT molecular complexity index is 437. The van der Waals surface area contributed by atoms with Crippen LogP contribution < -0.4 is 16.8 Å². The number of amides is 1. The van der Waals surface area contributed by atoms with Crippen LogP contribution in [0.25, 0.3) is 0 Å². The third-order valence-electron chi connectivity index (χ3n) is 2.35. The maximum absolute atomic E-state index is 10.5. The van der Waals surface area contributed by atoms with E-state index in [0.717, 1.165) is 25.1 Å². The van der Waals surface area contributed by atoms with E-state index in [4.69, 9.17) is 16.7 Å². The van der Waals surface area contributed by atoms with Gasteiger partial charge in [0.2, 0.25) is 5.91 Å². The second-order valence-corrected chi connectivity index (χ2v) is 3.76. The Hall–Kier alpha value is -2.22. The molecule has 0 aromatic heterocycles. The maximum Gasteiger partial charge on any atom is 0.217 e. The first kappa shape index (κ1) is 12.8. The summed E-state index contributed by atoms with van der Waals surface area (Å²) in [4.78, 5) is 10.5. The van der Waals surface area contributed by atoms with Gasteiger partial charge in [-0.15, -0.1) is 0 Å². The van der Waals surface area contributed by atoms with Crippen LogP contribution in [0.5, 0.6) is 0 Å². The van der Waals surface area contributed by atoms with Crippen LogP contribution in [0, 0.1) is 11.3 Å². The van der Waals surface area contributed by atoms with E-state index in [9.17, 15) is 4.79 Å². The van der Waals surface area contributed by atoms with E-state index in [1.807, 2.05) is 12.1 Å². The number of unbranched alkanes of at least 4 members (excludes halogenated alkanes) is 1. The van der Waals surface area contributed by atoms with Crippen LogP contribution in [-0.4, -0.2) is 12.5 Å². The Morgan fingerprint density at radius 2 is 2.18 bits per heavy atom. The fourth-order valence-corrected chi connectivity index (χ4v) is 1.43. The molecule has 1 rings (SSSR count). The highest BCUT2D eigenvalue weighted by molar-refractivity contribution is 5.73. The minimum Gasteiger partial charge on any atom is -0.398 e. The zero-order valence-electron chi connectivity index (χ0n) is 9.57. The van der Waals surface area contributed by atoms with Gasteiger partial charge in [0, 0.05) is 18.7 Å². The number of hydrogen-bond acceptors (Lipinski definition) is 4. The second-order valence-electron chi connectivity index (χ2n) is 3.76. The summed E-state index contributed by atoms with van der Waals surface area (Å²) in [5.74, 6) is -0.271. The van der Waals surface area contributed by atoms with Crippen molar-refractivity contribution in [2.45, 2.75) is 19.3 Å². The summed E-state index contributed by atoms with van der Waals surface area (Å²) in [6, 6.07) is 7.23. The Morgan fingerprint density at radius 1 is 1.41 bits per heavy atom. The Kier molecular flexibility index (Phi) is 4.82. The lowest BCUT2D eigenvalue weighted by Crippen LogP contribution is -2.11. The van der Waals surface area contributed by atoms with Gasteiger partial charge >= 0.3 is 0 Å². The van der Waals surface area contributed by atoms with Gasteiger partial charge in [0.15, 0.2) is 0 Å². The van der Waals surface area contributed by atoms with Gasteiger partial charge < -0.3 is 16.8 Å². The summed E-state index contributed by atoms with van der Waals surface area (Å²) in [5, 5.41) is 11.9. The summed E-state index contributed by atoms with van der Waals surface area (Å²) in [6.45, 7) is 0.749. The fraction of sp³-hybridized carbons (Fsp3) is 0.333. The van der Waals surface area contributed by atoms with Crippen molar-refractivity contribution >= 4 is 17.3 Å². The zero-order valence-corrected chi connectivity index (χ0v) is 9.57. The summed E-state index contributed by atoms with van der Waals surface area (Å²) >= 11 is 0. The van der Waals surface area contributed by atoms with Gasteiger partial charge in [-0.05, 0) is 31.0 Å². The van der Waals surface area contributed by atoms with Crippen molar-refractivity contribution in [1.82, 2.24) is 0 Å². The quantitative estimate of drug-likeness (QED) is 0.506. The number of nitrogen functional groups attached to an aromatic ring is 1. The number of nitrogens with two attached hydrogens (primary N) is 2. The van der Waals surface area contributed by atoms with Crippen molar-refractivity contribution in [3.8, 4) is 6.07 Å². The molecule has 0 saturated carbocycles. The minimum absolute atomic E-state index is 0.271. The minimum atomic E-state index is -0.271. The highest BCUT2D eigenvalue weighted by Gasteiger charge is 1.99. The van der Waals surface area contributed by atoms with Crippen molar-refractivity contribution in [2.75, 3.05) is 17.6 Å². The van der Waals surface area contributed by atoms with E-state index < -0.39 is 0 Å². The van der Waals surface area contributed by atoms with E-state index in [1.165, 1.54) is 0 Å². The summed E-state index contributed by atoms with van der Waals surface area (Å²) in [7, 11) is 0. The third kappa shape index (κ3) is 4.43. The van der Waals surface area contributed by atoms with E-state index in [-0.39, 0.29) is 5.91 Å². The number of nitrogens with zero attached hydrogens (tertiary/aromatic N) is 1. The number of carbonyl (C=O) groups is 1. The van der Waals surface area contributed by atoms with Crippen LogP contribution >= 0.6 is 0 Å². The molecular formula is C12H16N4O. The number of hydrogen-bond donors (Lipinski definition) is 3. The number of nitrogens with one attached hydrogen (secondary N) is 1. The Balaban J connectivity index is 2.35. The molecular weight excluding hydrogens is 216 g/mol. The van der Waals surface area contributed by atoms with E-state index in [2.05, 4.69) is 5.32 Å². The van der Waals surface area contributed by atoms with Crippen LogP contribution in [0.1, 0.15) is 24.8 Å². The molecule has 0 radical (unpaired) electrons. The monoisotopic (exact) mass is 232 g/mol. The number of primary amides is 1. The largest absolute Gasteiger partial charge is 0.398 e. The van der Waals surface area contributed by atoms with Gasteiger partial charge in [0.1, 0.15) is 6.07 Å². The summed E-state index contributed by atoms with van der Waals surface area (Å²) in [5.41, 5.74) is 12.5. The molecule has 0 unspecified atom stereocenters. The first-order valence-electron chi connectivity index (χ1n) is 5.45. The predicted molar refractivity (Wildman–Crippen MR) is 67.1 cm³/mol. The molecule has 5 nitrogen and oxygen atoms in total. The van der Waals surface area contributed by atoms with Crippen LogP contribution in [0.4, 0.5) is 11.4 Å². The fourth-order valence-electron chi connectivity index (χ4n) is 1.43. The lowest BCUT2D eigenvalue weighted by atomic mass is 10.1. The average Bonchev–Trinajstić information content (AvgIpc) is 2.28. The molecule has 0 aliphatic rings. The highest BCUT2D eigenvalue weighted by Crippen LogP contribution is 2.17. The summed E-state index contributed by atoms with van der Waals surface area (Å²) < 4.78 is 0. The van der Waals surface area contributed by atoms with Gasteiger partial charge in [-0.3, -0.25) is 4.79 Å². The molecule has 0 saturated heterocycles. The number of rotatable bonds is 6. The van der Waals surface area contributed by atoms with Gasteiger partial charge in [-0.25, -0.2) is 0 Å². The normalized spacial score (nSPS) is 9.59. The first-order chi connectivity index (χ1) is 8.13. The van der Waals surface area contributed by atoms with Crippen LogP contribution in [-0.2, 0) is 4.79 Å². The van der Waals surface area contributed by atoms with E-state index >= 15 is 0 Å². The van der Waals surface area contributed by atoms with Crippen molar-refractivity contribution in [3.05, 3.63) is 23.8 Å². The molecule has 1 aromatic carbocycles. The molecule has 1 aromatic rings. The van der Waals surface area contributed by atoms with Crippen molar-refractivity contribution in [3.63, 3.8) is 0 Å². The molecule has 1 amide bonds. The van der Waals surface area contributed by atoms with Gasteiger partial charge in [0.05, 0.1) is 11.3 Å². The Morgan fingerprint density at radius 3 is 2.76 bits per heavy atom. The number of nitriles is 1. The molecule has 0 fully saturated rings. The molecule has 5 heteroatoms. The van der Waals surface area contributed by atoms with Gasteiger partial charge in [-0.2, -0.15) is 5.26 Å². The van der Waals surface area contributed by atoms with E-state index in [0.29, 0.717) is 17.7 Å². The molecule has 0 aliphatic heterocycles. The SMILES string of the molecule is N#Cc1ccc(NCCCCC(N)=O)cc1N. The number of anilines is 2. The number of benzene rings is 1. The molecule has 17 heavy (non-hydrogen) atoms. The van der Waals surface area contributed by atoms with Gasteiger partial charge in [0.25, 0.3) is 0 Å². The molecule has 0 bridgehead atoms. The third-order valence-corrected chi connectivity index (χ3v) is 2.35. The van der Waals surface area contributed by atoms with Crippen molar-refractivity contribution in [1.29, 1.82) is 5.26 Å². The van der Waals surface area contributed by atoms with Crippen molar-refractivity contribution < 1.29 is 4.79 Å². The molecule has 90 valence electrons. The van der Waals surface area contributed by atoms with Crippen molar-refractivity contribution in [2.24, 2.45) is 5.73 Å². The Labute approximate surface area is 100 Å². The standard InChI is InChI=1S/C12H16N4O/c13-8-9-4-5-10(7-11(9)14)16-6-2-1-3-12(15)17/h4-5,7,16H,1-3,6,14H2,(H2,15,17). The lowest BCUT2D eigenvalue weighted by molar-refractivity contribution is -0.118. The van der Waals surface area contributed by atoms with Crippen LogP contribution in [0.15, 0.2) is 18.2 Å². The molecule has 0 aliphatic carbocycles. The van der Waals surface area contributed by atoms with Gasteiger partial charge in [-0.1, -0.05) is 0 Å². The topological polar surface area (TPSA) is 105 Å². The second kappa shape index (κ2) is 6.38. The molecule has 0 spiro atoms. The highest BCUT2D eigenvalue weighted by atomic mass is 16.1. The zero-order chi connectivity index (χ0) is 12.7. The summed E-state index contributed by atoms with van der Waals surface area (Å²) in [6.07, 6.45) is 2.05. The molecule has 0 heterocycles. The lowest BCUT2D eigenvalue weighted by Gasteiger charge is -2.07. The maximum atomic E-state index is 10.5. The van der Waals surface area contributed by atoms with E-state index in [1.54, 1.807) is 12.1 Å². The molecule has 5 N–H and O–H groups in total. The predicted octanol–water partition coefficient (Wildman–Crippen LogP) is 1.21. The van der Waals surface area contributed by atoms with Crippen LogP contribution in [0.3, 0.4) is 0 Å². The smallest absolute Gasteiger partial charge is 0.217 e. The number of carbonyl (C=O) groups excluding carboxylic acids is 1. The van der Waals surface area contributed by atoms with Crippen LogP contribution in [0.2, 0.25) is 0 Å². The molecule has 0 atom stereocenters. The first-order valence-corrected chi connectivity index (χ1v) is 5.45.